The Hall–Kier alpha value is -1.90. The third-order valence-electron chi connectivity index (χ3n) is 3.45. The lowest BCUT2D eigenvalue weighted by Gasteiger charge is -2.34. The summed E-state index contributed by atoms with van der Waals surface area (Å²) < 4.78 is 24.8. The molecule has 1 atom stereocenters. The number of sulfone groups is 1. The van der Waals surface area contributed by atoms with E-state index >= 15 is 0 Å². The minimum absolute atomic E-state index is 0.00739. The zero-order valence-corrected chi connectivity index (χ0v) is 12.6. The van der Waals surface area contributed by atoms with Crippen molar-refractivity contribution in [3.8, 4) is 0 Å². The quantitative estimate of drug-likeness (QED) is 0.801. The lowest BCUT2D eigenvalue weighted by molar-refractivity contribution is -0.138. The number of aliphatic carboxylic acids is 1. The Kier molecular flexibility index (Phi) is 4.04. The molecule has 1 amide bonds. The maximum absolute atomic E-state index is 12.5. The van der Waals surface area contributed by atoms with Crippen LogP contribution in [0.5, 0.6) is 0 Å². The largest absolute Gasteiger partial charge is 0.481 e. The first-order chi connectivity index (χ1) is 9.69. The van der Waals surface area contributed by atoms with Crippen LogP contribution in [-0.4, -0.2) is 64.2 Å². The van der Waals surface area contributed by atoms with Crippen LogP contribution in [0.2, 0.25) is 0 Å². The van der Waals surface area contributed by atoms with E-state index in [1.807, 2.05) is 0 Å². The molecular formula is C12H17N3O5S. The van der Waals surface area contributed by atoms with Gasteiger partial charge in [-0.2, -0.15) is 5.10 Å². The molecule has 116 valence electrons. The second-order valence-corrected chi connectivity index (χ2v) is 7.40. The first-order valence-electron chi connectivity index (χ1n) is 6.43. The zero-order chi connectivity index (χ0) is 15.8. The zero-order valence-electron chi connectivity index (χ0n) is 11.8. The molecule has 0 aromatic carbocycles. The lowest BCUT2D eigenvalue weighted by atomic mass is 10.1. The molecule has 2 rings (SSSR count). The van der Waals surface area contributed by atoms with Gasteiger partial charge in [0, 0.05) is 19.8 Å². The number of carbonyl (C=O) groups excluding carboxylic acids is 1. The minimum Gasteiger partial charge on any atom is -0.481 e. The van der Waals surface area contributed by atoms with E-state index in [0.29, 0.717) is 11.3 Å². The number of rotatable bonds is 3. The number of carboxylic acid groups (broad SMARTS) is 1. The molecule has 1 aromatic rings. The Morgan fingerprint density at radius 2 is 2.14 bits per heavy atom. The van der Waals surface area contributed by atoms with Crippen molar-refractivity contribution >= 4 is 21.7 Å². The summed E-state index contributed by atoms with van der Waals surface area (Å²) in [5.74, 6) is -1.96. The SMILES string of the molecule is Cc1nn(C)cc1C(=O)N1CCS(=O)(=O)CC1CC(=O)O. The Balaban J connectivity index is 2.29. The molecule has 0 spiro atoms. The van der Waals surface area contributed by atoms with Crippen molar-refractivity contribution in [2.45, 2.75) is 19.4 Å². The lowest BCUT2D eigenvalue weighted by Crippen LogP contribution is -2.52. The molecule has 1 unspecified atom stereocenters. The van der Waals surface area contributed by atoms with E-state index in [4.69, 9.17) is 5.11 Å². The van der Waals surface area contributed by atoms with Gasteiger partial charge in [0.1, 0.15) is 0 Å². The number of aromatic nitrogens is 2. The molecule has 0 aliphatic carbocycles. The van der Waals surface area contributed by atoms with Gasteiger partial charge in [-0.3, -0.25) is 14.3 Å². The molecule has 0 saturated carbocycles. The first-order valence-corrected chi connectivity index (χ1v) is 8.25. The fourth-order valence-corrected chi connectivity index (χ4v) is 4.01. The van der Waals surface area contributed by atoms with Gasteiger partial charge in [-0.05, 0) is 6.92 Å². The predicted molar refractivity (Wildman–Crippen MR) is 73.7 cm³/mol. The second kappa shape index (κ2) is 5.47. The molecule has 1 aromatic heterocycles. The molecule has 9 heteroatoms. The Bertz CT molecular complexity index is 679. The van der Waals surface area contributed by atoms with Gasteiger partial charge in [-0.15, -0.1) is 0 Å². The molecule has 0 bridgehead atoms. The number of hydrogen-bond donors (Lipinski definition) is 1. The summed E-state index contributed by atoms with van der Waals surface area (Å²) in [5, 5.41) is 13.0. The van der Waals surface area contributed by atoms with Crippen LogP contribution < -0.4 is 0 Å². The molecule has 1 aliphatic heterocycles. The number of carbonyl (C=O) groups is 2. The molecule has 21 heavy (non-hydrogen) atoms. The maximum Gasteiger partial charge on any atom is 0.305 e. The maximum atomic E-state index is 12.5. The van der Waals surface area contributed by atoms with Crippen LogP contribution in [0.3, 0.4) is 0 Å². The standard InChI is InChI=1S/C12H17N3O5S/c1-8-10(6-14(2)13-8)12(18)15-3-4-21(19,20)7-9(15)5-11(16)17/h6,9H,3-5,7H2,1-2H3,(H,16,17). The van der Waals surface area contributed by atoms with E-state index in [9.17, 15) is 18.0 Å². The number of aryl methyl sites for hydroxylation is 2. The molecule has 1 N–H and O–H groups in total. The first kappa shape index (κ1) is 15.5. The molecule has 1 saturated heterocycles. The molecule has 0 radical (unpaired) electrons. The van der Waals surface area contributed by atoms with Gasteiger partial charge in [-0.1, -0.05) is 0 Å². The van der Waals surface area contributed by atoms with E-state index in [-0.39, 0.29) is 30.4 Å². The van der Waals surface area contributed by atoms with Crippen molar-refractivity contribution in [2.75, 3.05) is 18.1 Å². The summed E-state index contributed by atoms with van der Waals surface area (Å²) in [6.45, 7) is 1.69. The summed E-state index contributed by atoms with van der Waals surface area (Å²) in [4.78, 5) is 24.8. The summed E-state index contributed by atoms with van der Waals surface area (Å²) in [7, 11) is -1.63. The Morgan fingerprint density at radius 3 is 2.67 bits per heavy atom. The molecular weight excluding hydrogens is 298 g/mol. The van der Waals surface area contributed by atoms with Gasteiger partial charge in [0.25, 0.3) is 5.91 Å². The van der Waals surface area contributed by atoms with Crippen LogP contribution >= 0.6 is 0 Å². The van der Waals surface area contributed by atoms with Crippen LogP contribution in [0.25, 0.3) is 0 Å². The van der Waals surface area contributed by atoms with E-state index in [2.05, 4.69) is 5.10 Å². The van der Waals surface area contributed by atoms with Crippen LogP contribution in [0, 0.1) is 6.92 Å². The molecule has 1 fully saturated rings. The van der Waals surface area contributed by atoms with E-state index < -0.39 is 21.8 Å². The topological polar surface area (TPSA) is 110 Å². The van der Waals surface area contributed by atoms with Crippen molar-refractivity contribution in [3.63, 3.8) is 0 Å². The van der Waals surface area contributed by atoms with Gasteiger partial charge < -0.3 is 10.0 Å². The highest BCUT2D eigenvalue weighted by Gasteiger charge is 2.36. The third-order valence-corrected chi connectivity index (χ3v) is 5.14. The van der Waals surface area contributed by atoms with E-state index in [1.54, 1.807) is 20.2 Å². The number of nitrogens with zero attached hydrogens (tertiary/aromatic N) is 3. The average molecular weight is 315 g/mol. The molecule has 8 nitrogen and oxygen atoms in total. The van der Waals surface area contributed by atoms with Crippen LogP contribution in [0.15, 0.2) is 6.20 Å². The third kappa shape index (κ3) is 3.41. The van der Waals surface area contributed by atoms with E-state index in [0.717, 1.165) is 0 Å². The van der Waals surface area contributed by atoms with Gasteiger partial charge in [0.2, 0.25) is 0 Å². The van der Waals surface area contributed by atoms with Gasteiger partial charge >= 0.3 is 5.97 Å². The molecule has 1 aliphatic rings. The van der Waals surface area contributed by atoms with Crippen molar-refractivity contribution < 1.29 is 23.1 Å². The normalized spacial score (nSPS) is 21.2. The minimum atomic E-state index is -3.31. The van der Waals surface area contributed by atoms with Crippen molar-refractivity contribution in [1.29, 1.82) is 0 Å². The monoisotopic (exact) mass is 315 g/mol. The van der Waals surface area contributed by atoms with Crippen molar-refractivity contribution in [1.82, 2.24) is 14.7 Å². The smallest absolute Gasteiger partial charge is 0.305 e. The van der Waals surface area contributed by atoms with E-state index in [1.165, 1.54) is 9.58 Å². The fraction of sp³-hybridized carbons (Fsp3) is 0.583. The fourth-order valence-electron chi connectivity index (χ4n) is 2.49. The average Bonchev–Trinajstić information content (AvgIpc) is 2.66. The number of amides is 1. The Labute approximate surface area is 122 Å². The van der Waals surface area contributed by atoms with Gasteiger partial charge in [0.05, 0.1) is 35.2 Å². The highest BCUT2D eigenvalue weighted by Crippen LogP contribution is 2.19. The van der Waals surface area contributed by atoms with Crippen LogP contribution in [-0.2, 0) is 21.7 Å². The van der Waals surface area contributed by atoms with Crippen molar-refractivity contribution in [2.24, 2.45) is 7.05 Å². The highest BCUT2D eigenvalue weighted by molar-refractivity contribution is 7.91. The highest BCUT2D eigenvalue weighted by atomic mass is 32.2. The summed E-state index contributed by atoms with van der Waals surface area (Å²) in [6, 6.07) is -0.839. The Morgan fingerprint density at radius 1 is 1.48 bits per heavy atom. The van der Waals surface area contributed by atoms with Gasteiger partial charge in [0.15, 0.2) is 9.84 Å². The summed E-state index contributed by atoms with van der Waals surface area (Å²) >= 11 is 0. The van der Waals surface area contributed by atoms with Crippen LogP contribution in [0.1, 0.15) is 22.5 Å². The molecule has 2 heterocycles. The van der Waals surface area contributed by atoms with Gasteiger partial charge in [-0.25, -0.2) is 8.42 Å². The second-order valence-electron chi connectivity index (χ2n) is 5.17. The number of carboxylic acids is 1. The van der Waals surface area contributed by atoms with Crippen LogP contribution in [0.4, 0.5) is 0 Å². The summed E-state index contributed by atoms with van der Waals surface area (Å²) in [5.41, 5.74) is 0.900. The van der Waals surface area contributed by atoms with Crippen molar-refractivity contribution in [3.05, 3.63) is 17.5 Å². The predicted octanol–water partition coefficient (Wildman–Crippen LogP) is -0.558. The summed E-state index contributed by atoms with van der Waals surface area (Å²) in [6.07, 6.45) is 1.17. The number of hydrogen-bond acceptors (Lipinski definition) is 5.